The van der Waals surface area contributed by atoms with E-state index in [4.69, 9.17) is 10.5 Å². The molecule has 0 aliphatic carbocycles. The molecule has 2 unspecified atom stereocenters. The van der Waals surface area contributed by atoms with E-state index in [2.05, 4.69) is 5.32 Å². The van der Waals surface area contributed by atoms with Crippen LogP contribution in [0.3, 0.4) is 0 Å². The Morgan fingerprint density at radius 1 is 1.67 bits per heavy atom. The van der Waals surface area contributed by atoms with Gasteiger partial charge < -0.3 is 15.8 Å². The number of hydrogen-bond donors (Lipinski definition) is 2. The molecule has 1 fully saturated rings. The van der Waals surface area contributed by atoms with Gasteiger partial charge in [-0.2, -0.15) is 0 Å². The second-order valence-corrected chi connectivity index (χ2v) is 2.79. The van der Waals surface area contributed by atoms with Gasteiger partial charge in [0.2, 0.25) is 5.91 Å². The summed E-state index contributed by atoms with van der Waals surface area (Å²) in [5.74, 6) is -0.519. The molecular formula is C7H13FN2O2. The van der Waals surface area contributed by atoms with E-state index in [9.17, 15) is 9.18 Å². The van der Waals surface area contributed by atoms with Gasteiger partial charge in [-0.15, -0.1) is 0 Å². The number of alkyl halides is 1. The zero-order valence-corrected chi connectivity index (χ0v) is 6.75. The third kappa shape index (κ3) is 2.15. The summed E-state index contributed by atoms with van der Waals surface area (Å²) in [7, 11) is 0. The summed E-state index contributed by atoms with van der Waals surface area (Å²) in [6.45, 7) is 0.267. The molecule has 1 rings (SSSR count). The van der Waals surface area contributed by atoms with Crippen LogP contribution in [0.4, 0.5) is 4.39 Å². The first kappa shape index (κ1) is 9.41. The van der Waals surface area contributed by atoms with Gasteiger partial charge >= 0.3 is 0 Å². The fraction of sp³-hybridized carbons (Fsp3) is 0.857. The molecule has 0 aromatic rings. The topological polar surface area (TPSA) is 64.3 Å². The minimum atomic E-state index is -0.547. The molecule has 0 radical (unpaired) electrons. The summed E-state index contributed by atoms with van der Waals surface area (Å²) in [4.78, 5) is 11.2. The van der Waals surface area contributed by atoms with E-state index >= 15 is 0 Å². The third-order valence-electron chi connectivity index (χ3n) is 1.86. The second kappa shape index (κ2) is 4.37. The summed E-state index contributed by atoms with van der Waals surface area (Å²) in [6.07, 6.45) is 0. The molecule has 3 N–H and O–H groups in total. The van der Waals surface area contributed by atoms with Gasteiger partial charge in [0.1, 0.15) is 6.67 Å². The van der Waals surface area contributed by atoms with Crippen molar-refractivity contribution in [3.8, 4) is 0 Å². The summed E-state index contributed by atoms with van der Waals surface area (Å²) in [5.41, 5.74) is 5.57. The van der Waals surface area contributed by atoms with Gasteiger partial charge in [0, 0.05) is 12.6 Å². The average molecular weight is 176 g/mol. The third-order valence-corrected chi connectivity index (χ3v) is 1.86. The van der Waals surface area contributed by atoms with Crippen LogP contribution in [0.1, 0.15) is 0 Å². The maximum Gasteiger partial charge on any atom is 0.227 e. The second-order valence-electron chi connectivity index (χ2n) is 2.79. The van der Waals surface area contributed by atoms with Gasteiger partial charge in [-0.1, -0.05) is 0 Å². The minimum absolute atomic E-state index is 0.0576. The quantitative estimate of drug-likeness (QED) is 0.582. The van der Waals surface area contributed by atoms with Crippen LogP contribution in [0.5, 0.6) is 0 Å². The maximum absolute atomic E-state index is 11.7. The van der Waals surface area contributed by atoms with Gasteiger partial charge in [-0.25, -0.2) is 4.39 Å². The normalized spacial score (nSPS) is 28.8. The number of carbonyl (C=O) groups excluding carboxylic acids is 1. The highest BCUT2D eigenvalue weighted by Crippen LogP contribution is 2.10. The Bertz CT molecular complexity index is 165. The average Bonchev–Trinajstić information content (AvgIpc) is 2.47. The number of carbonyl (C=O) groups is 1. The van der Waals surface area contributed by atoms with Gasteiger partial charge in [-0.05, 0) is 0 Å². The SMILES string of the molecule is NC1COCC1C(=O)NCCF. The van der Waals surface area contributed by atoms with E-state index in [1.54, 1.807) is 0 Å². The zero-order valence-electron chi connectivity index (χ0n) is 6.75. The van der Waals surface area contributed by atoms with Crippen molar-refractivity contribution in [2.45, 2.75) is 6.04 Å². The first-order chi connectivity index (χ1) is 5.75. The van der Waals surface area contributed by atoms with E-state index in [0.717, 1.165) is 0 Å². The Morgan fingerprint density at radius 2 is 2.42 bits per heavy atom. The number of rotatable bonds is 3. The Balaban J connectivity index is 2.30. The van der Waals surface area contributed by atoms with Crippen molar-refractivity contribution in [2.75, 3.05) is 26.4 Å². The van der Waals surface area contributed by atoms with Crippen molar-refractivity contribution in [2.24, 2.45) is 11.7 Å². The minimum Gasteiger partial charge on any atom is -0.379 e. The zero-order chi connectivity index (χ0) is 8.97. The lowest BCUT2D eigenvalue weighted by atomic mass is 10.0. The lowest BCUT2D eigenvalue weighted by Gasteiger charge is -2.11. The molecule has 0 saturated carbocycles. The molecule has 1 aliphatic rings. The van der Waals surface area contributed by atoms with E-state index in [-0.39, 0.29) is 24.4 Å². The largest absolute Gasteiger partial charge is 0.379 e. The first-order valence-corrected chi connectivity index (χ1v) is 3.92. The molecule has 70 valence electrons. The molecule has 1 amide bonds. The van der Waals surface area contributed by atoms with Crippen molar-refractivity contribution < 1.29 is 13.9 Å². The van der Waals surface area contributed by atoms with Crippen LogP contribution in [0, 0.1) is 5.92 Å². The number of halogens is 1. The molecule has 0 bridgehead atoms. The first-order valence-electron chi connectivity index (χ1n) is 3.92. The number of ether oxygens (including phenoxy) is 1. The van der Waals surface area contributed by atoms with Crippen LogP contribution < -0.4 is 11.1 Å². The molecule has 0 aromatic heterocycles. The van der Waals surface area contributed by atoms with Crippen molar-refractivity contribution in [3.63, 3.8) is 0 Å². The Labute approximate surface area is 70.3 Å². The Hall–Kier alpha value is -0.680. The standard InChI is InChI=1S/C7H13FN2O2/c8-1-2-10-7(11)5-3-12-4-6(5)9/h5-6H,1-4,9H2,(H,10,11). The molecule has 1 aliphatic heterocycles. The fourth-order valence-corrected chi connectivity index (χ4v) is 1.14. The van der Waals surface area contributed by atoms with Crippen molar-refractivity contribution >= 4 is 5.91 Å². The Morgan fingerprint density at radius 3 is 2.92 bits per heavy atom. The van der Waals surface area contributed by atoms with Crippen molar-refractivity contribution in [1.82, 2.24) is 5.32 Å². The molecule has 0 aromatic carbocycles. The smallest absolute Gasteiger partial charge is 0.227 e. The summed E-state index contributed by atoms with van der Waals surface area (Å²) < 4.78 is 16.7. The summed E-state index contributed by atoms with van der Waals surface area (Å²) >= 11 is 0. The number of nitrogens with two attached hydrogens (primary N) is 1. The molecule has 1 saturated heterocycles. The highest BCUT2D eigenvalue weighted by atomic mass is 19.1. The number of hydrogen-bond acceptors (Lipinski definition) is 3. The molecule has 4 nitrogen and oxygen atoms in total. The Kier molecular flexibility index (Phi) is 3.43. The van der Waals surface area contributed by atoms with Gasteiger partial charge in [0.25, 0.3) is 0 Å². The lowest BCUT2D eigenvalue weighted by Crippen LogP contribution is -2.41. The van der Waals surface area contributed by atoms with Crippen LogP contribution in [-0.2, 0) is 9.53 Å². The number of amides is 1. The van der Waals surface area contributed by atoms with Crippen LogP contribution in [0.25, 0.3) is 0 Å². The van der Waals surface area contributed by atoms with Gasteiger partial charge in [0.15, 0.2) is 0 Å². The molecule has 0 spiro atoms. The highest BCUT2D eigenvalue weighted by Gasteiger charge is 2.30. The van der Waals surface area contributed by atoms with E-state index < -0.39 is 6.67 Å². The van der Waals surface area contributed by atoms with E-state index in [1.165, 1.54) is 0 Å². The highest BCUT2D eigenvalue weighted by molar-refractivity contribution is 5.79. The lowest BCUT2D eigenvalue weighted by molar-refractivity contribution is -0.125. The van der Waals surface area contributed by atoms with Crippen LogP contribution in [0.2, 0.25) is 0 Å². The van der Waals surface area contributed by atoms with Crippen molar-refractivity contribution in [3.05, 3.63) is 0 Å². The number of nitrogens with one attached hydrogen (secondary N) is 1. The molecular weight excluding hydrogens is 163 g/mol. The molecule has 12 heavy (non-hydrogen) atoms. The van der Waals surface area contributed by atoms with Crippen LogP contribution in [-0.4, -0.2) is 38.4 Å². The van der Waals surface area contributed by atoms with Gasteiger partial charge in [-0.3, -0.25) is 4.79 Å². The summed E-state index contributed by atoms with van der Waals surface area (Å²) in [5, 5.41) is 2.43. The monoisotopic (exact) mass is 176 g/mol. The fourth-order valence-electron chi connectivity index (χ4n) is 1.14. The molecule has 5 heteroatoms. The molecule has 1 heterocycles. The predicted octanol–water partition coefficient (Wildman–Crippen LogP) is -0.954. The van der Waals surface area contributed by atoms with Gasteiger partial charge in [0.05, 0.1) is 19.1 Å². The molecule has 2 atom stereocenters. The van der Waals surface area contributed by atoms with Crippen molar-refractivity contribution in [1.29, 1.82) is 0 Å². The van der Waals surface area contributed by atoms with E-state index in [0.29, 0.717) is 13.2 Å². The summed E-state index contributed by atoms with van der Waals surface area (Å²) in [6, 6.07) is -0.246. The predicted molar refractivity (Wildman–Crippen MR) is 41.3 cm³/mol. The maximum atomic E-state index is 11.7. The van der Waals surface area contributed by atoms with Crippen LogP contribution >= 0.6 is 0 Å². The van der Waals surface area contributed by atoms with Crippen LogP contribution in [0.15, 0.2) is 0 Å². The van der Waals surface area contributed by atoms with E-state index in [1.807, 2.05) is 0 Å².